The molecular formula is C29H34N2O2. The SMILES string of the molecule is CCNC(=O)[C@@H](Cc1ccccc1)N(Cc1cccc(C)c1)C(=O)Cc1cc(C)cc(C)c1. The Morgan fingerprint density at radius 1 is 0.788 bits per heavy atom. The second-order valence-electron chi connectivity index (χ2n) is 8.78. The number of amides is 2. The van der Waals surface area contributed by atoms with Gasteiger partial charge in [0.1, 0.15) is 6.04 Å². The van der Waals surface area contributed by atoms with E-state index in [1.165, 1.54) is 0 Å². The van der Waals surface area contributed by atoms with E-state index in [2.05, 4.69) is 17.4 Å². The zero-order chi connectivity index (χ0) is 23.8. The van der Waals surface area contributed by atoms with Crippen LogP contribution in [0.3, 0.4) is 0 Å². The van der Waals surface area contributed by atoms with Gasteiger partial charge in [0.05, 0.1) is 6.42 Å². The summed E-state index contributed by atoms with van der Waals surface area (Å²) >= 11 is 0. The minimum atomic E-state index is -0.591. The average molecular weight is 443 g/mol. The fourth-order valence-corrected chi connectivity index (χ4v) is 4.30. The van der Waals surface area contributed by atoms with E-state index < -0.39 is 6.04 Å². The maximum atomic E-state index is 13.7. The van der Waals surface area contributed by atoms with Crippen molar-refractivity contribution < 1.29 is 9.59 Å². The Morgan fingerprint density at radius 3 is 2.06 bits per heavy atom. The second-order valence-corrected chi connectivity index (χ2v) is 8.78. The molecule has 0 saturated heterocycles. The van der Waals surface area contributed by atoms with Gasteiger partial charge in [0, 0.05) is 19.5 Å². The molecule has 4 nitrogen and oxygen atoms in total. The van der Waals surface area contributed by atoms with Crippen LogP contribution in [-0.2, 0) is 29.0 Å². The van der Waals surface area contributed by atoms with Crippen LogP contribution in [0, 0.1) is 20.8 Å². The standard InChI is InChI=1S/C29H34N2O2/c1-5-30-29(33)27(18-24-11-7-6-8-12-24)31(20-25-13-9-10-21(2)15-25)28(32)19-26-16-22(3)14-23(4)17-26/h6-17,27H,5,18-20H2,1-4H3,(H,30,33)/t27-/m1/s1. The number of rotatable bonds is 9. The Kier molecular flexibility index (Phi) is 8.42. The van der Waals surface area contributed by atoms with E-state index in [9.17, 15) is 9.59 Å². The molecule has 0 fully saturated rings. The van der Waals surface area contributed by atoms with Crippen molar-refractivity contribution in [3.05, 3.63) is 106 Å². The molecular weight excluding hydrogens is 408 g/mol. The lowest BCUT2D eigenvalue weighted by molar-refractivity contribution is -0.140. The predicted octanol–water partition coefficient (Wildman–Crippen LogP) is 4.93. The lowest BCUT2D eigenvalue weighted by Gasteiger charge is -2.31. The summed E-state index contributed by atoms with van der Waals surface area (Å²) in [4.78, 5) is 28.7. The summed E-state index contributed by atoms with van der Waals surface area (Å²) in [7, 11) is 0. The highest BCUT2D eigenvalue weighted by Gasteiger charge is 2.30. The Morgan fingerprint density at radius 2 is 1.42 bits per heavy atom. The molecule has 172 valence electrons. The van der Waals surface area contributed by atoms with Gasteiger partial charge in [0.15, 0.2) is 0 Å². The number of likely N-dealkylation sites (N-methyl/N-ethyl adjacent to an activating group) is 1. The van der Waals surface area contributed by atoms with Crippen LogP contribution in [0.25, 0.3) is 0 Å². The van der Waals surface area contributed by atoms with Crippen LogP contribution in [0.15, 0.2) is 72.8 Å². The maximum absolute atomic E-state index is 13.7. The minimum absolute atomic E-state index is 0.0475. The summed E-state index contributed by atoms with van der Waals surface area (Å²) in [6.07, 6.45) is 0.732. The zero-order valence-corrected chi connectivity index (χ0v) is 20.1. The molecule has 3 rings (SSSR count). The summed E-state index contributed by atoms with van der Waals surface area (Å²) in [5, 5.41) is 2.95. The Balaban J connectivity index is 1.97. The first kappa shape index (κ1) is 24.2. The summed E-state index contributed by atoms with van der Waals surface area (Å²) in [6.45, 7) is 8.93. The lowest BCUT2D eigenvalue weighted by atomic mass is 10.00. The predicted molar refractivity (Wildman–Crippen MR) is 134 cm³/mol. The molecule has 2 amide bonds. The molecule has 0 spiro atoms. The number of carbonyl (C=O) groups excluding carboxylic acids is 2. The van der Waals surface area contributed by atoms with Crippen LogP contribution in [0.5, 0.6) is 0 Å². The first-order chi connectivity index (χ1) is 15.9. The van der Waals surface area contributed by atoms with Gasteiger partial charge < -0.3 is 10.2 Å². The molecule has 0 aromatic heterocycles. The van der Waals surface area contributed by atoms with Gasteiger partial charge in [-0.2, -0.15) is 0 Å². The van der Waals surface area contributed by atoms with Crippen LogP contribution >= 0.6 is 0 Å². The average Bonchev–Trinajstić information content (AvgIpc) is 2.76. The third-order valence-corrected chi connectivity index (χ3v) is 5.69. The van der Waals surface area contributed by atoms with E-state index in [4.69, 9.17) is 0 Å². The van der Waals surface area contributed by atoms with Crippen molar-refractivity contribution in [3.8, 4) is 0 Å². The van der Waals surface area contributed by atoms with Crippen LogP contribution in [0.2, 0.25) is 0 Å². The van der Waals surface area contributed by atoms with E-state index in [0.717, 1.165) is 33.4 Å². The van der Waals surface area contributed by atoms with Gasteiger partial charge in [-0.3, -0.25) is 9.59 Å². The first-order valence-electron chi connectivity index (χ1n) is 11.6. The summed E-state index contributed by atoms with van der Waals surface area (Å²) in [5.74, 6) is -0.170. The number of nitrogens with zero attached hydrogens (tertiary/aromatic N) is 1. The van der Waals surface area contributed by atoms with E-state index in [1.54, 1.807) is 4.90 Å². The molecule has 0 unspecified atom stereocenters. The van der Waals surface area contributed by atoms with Gasteiger partial charge in [-0.25, -0.2) is 0 Å². The molecule has 3 aromatic rings. The highest BCUT2D eigenvalue weighted by Crippen LogP contribution is 2.18. The van der Waals surface area contributed by atoms with Crippen LogP contribution < -0.4 is 5.32 Å². The molecule has 0 aliphatic heterocycles. The van der Waals surface area contributed by atoms with Crippen molar-refractivity contribution in [1.29, 1.82) is 0 Å². The van der Waals surface area contributed by atoms with Crippen molar-refractivity contribution in [3.63, 3.8) is 0 Å². The van der Waals surface area contributed by atoms with Crippen LogP contribution in [-0.4, -0.2) is 29.3 Å². The van der Waals surface area contributed by atoms with Crippen molar-refractivity contribution in [2.75, 3.05) is 6.54 Å². The van der Waals surface area contributed by atoms with Crippen molar-refractivity contribution >= 4 is 11.8 Å². The molecule has 33 heavy (non-hydrogen) atoms. The minimum Gasteiger partial charge on any atom is -0.355 e. The van der Waals surface area contributed by atoms with E-state index in [-0.39, 0.29) is 18.2 Å². The molecule has 1 N–H and O–H groups in total. The highest BCUT2D eigenvalue weighted by molar-refractivity contribution is 5.88. The monoisotopic (exact) mass is 442 g/mol. The Labute approximate surface area is 197 Å². The van der Waals surface area contributed by atoms with Crippen molar-refractivity contribution in [2.24, 2.45) is 0 Å². The number of hydrogen-bond donors (Lipinski definition) is 1. The van der Waals surface area contributed by atoms with Gasteiger partial charge >= 0.3 is 0 Å². The molecule has 3 aromatic carbocycles. The van der Waals surface area contributed by atoms with E-state index in [1.807, 2.05) is 88.4 Å². The third-order valence-electron chi connectivity index (χ3n) is 5.69. The molecule has 0 bridgehead atoms. The van der Waals surface area contributed by atoms with Gasteiger partial charge in [0.25, 0.3) is 0 Å². The van der Waals surface area contributed by atoms with Crippen LogP contribution in [0.1, 0.15) is 40.3 Å². The maximum Gasteiger partial charge on any atom is 0.243 e. The highest BCUT2D eigenvalue weighted by atomic mass is 16.2. The number of benzene rings is 3. The second kappa shape index (κ2) is 11.5. The van der Waals surface area contributed by atoms with Gasteiger partial charge in [-0.1, -0.05) is 89.5 Å². The molecule has 0 aliphatic carbocycles. The van der Waals surface area contributed by atoms with Gasteiger partial charge in [-0.15, -0.1) is 0 Å². The number of aryl methyl sites for hydroxylation is 3. The zero-order valence-electron chi connectivity index (χ0n) is 20.1. The Bertz CT molecular complexity index is 1070. The number of hydrogen-bond acceptors (Lipinski definition) is 2. The molecule has 0 radical (unpaired) electrons. The largest absolute Gasteiger partial charge is 0.355 e. The topological polar surface area (TPSA) is 49.4 Å². The van der Waals surface area contributed by atoms with E-state index >= 15 is 0 Å². The fraction of sp³-hybridized carbons (Fsp3) is 0.310. The fourth-order valence-electron chi connectivity index (χ4n) is 4.30. The van der Waals surface area contributed by atoms with Crippen molar-refractivity contribution in [1.82, 2.24) is 10.2 Å². The van der Waals surface area contributed by atoms with Gasteiger partial charge in [0.2, 0.25) is 11.8 Å². The lowest BCUT2D eigenvalue weighted by Crippen LogP contribution is -2.51. The smallest absolute Gasteiger partial charge is 0.243 e. The number of carbonyl (C=O) groups is 2. The summed E-state index contributed by atoms with van der Waals surface area (Å²) in [5.41, 5.74) is 6.42. The van der Waals surface area contributed by atoms with E-state index in [0.29, 0.717) is 19.5 Å². The summed E-state index contributed by atoms with van der Waals surface area (Å²) in [6, 6.07) is 23.6. The molecule has 0 aliphatic rings. The third kappa shape index (κ3) is 7.04. The molecule has 4 heteroatoms. The first-order valence-corrected chi connectivity index (χ1v) is 11.6. The molecule has 0 saturated carbocycles. The summed E-state index contributed by atoms with van der Waals surface area (Å²) < 4.78 is 0. The molecule has 0 heterocycles. The number of nitrogens with one attached hydrogen (secondary N) is 1. The molecule has 1 atom stereocenters. The van der Waals surface area contributed by atoms with Gasteiger partial charge in [-0.05, 0) is 44.4 Å². The Hall–Kier alpha value is -3.40. The quantitative estimate of drug-likeness (QED) is 0.511. The van der Waals surface area contributed by atoms with Crippen molar-refractivity contribution in [2.45, 2.75) is 53.1 Å². The normalized spacial score (nSPS) is 11.6. The van der Waals surface area contributed by atoms with Crippen LogP contribution in [0.4, 0.5) is 0 Å².